The lowest BCUT2D eigenvalue weighted by atomic mass is 10.1. The number of ether oxygens (including phenoxy) is 1. The summed E-state index contributed by atoms with van der Waals surface area (Å²) in [6.45, 7) is 2.63. The van der Waals surface area contributed by atoms with Crippen LogP contribution < -0.4 is 10.1 Å². The van der Waals surface area contributed by atoms with E-state index in [4.69, 9.17) is 4.74 Å². The summed E-state index contributed by atoms with van der Waals surface area (Å²) in [7, 11) is 0. The molecule has 2 aromatic carbocycles. The van der Waals surface area contributed by atoms with Gasteiger partial charge in [-0.3, -0.25) is 4.79 Å². The van der Waals surface area contributed by atoms with Crippen molar-refractivity contribution in [2.45, 2.75) is 13.3 Å². The summed E-state index contributed by atoms with van der Waals surface area (Å²) in [4.78, 5) is 16.3. The molecule has 0 aliphatic heterocycles. The molecule has 0 unspecified atom stereocenters. The van der Waals surface area contributed by atoms with Gasteiger partial charge in [0, 0.05) is 17.5 Å². The Hall–Kier alpha value is -2.66. The molecule has 128 valence electrons. The molecule has 3 rings (SSSR count). The van der Waals surface area contributed by atoms with Crippen molar-refractivity contribution in [1.82, 2.24) is 10.3 Å². The zero-order chi connectivity index (χ0) is 17.5. The van der Waals surface area contributed by atoms with E-state index in [0.29, 0.717) is 12.3 Å². The van der Waals surface area contributed by atoms with Crippen LogP contribution in [0.25, 0.3) is 11.3 Å². The van der Waals surface area contributed by atoms with Crippen molar-refractivity contribution in [3.05, 3.63) is 70.5 Å². The van der Waals surface area contributed by atoms with E-state index >= 15 is 0 Å². The molecule has 1 aromatic heterocycles. The number of carbonyl (C=O) groups excluding carboxylic acids is 1. The van der Waals surface area contributed by atoms with Crippen molar-refractivity contribution in [3.63, 3.8) is 0 Å². The fourth-order valence-corrected chi connectivity index (χ4v) is 3.02. The molecule has 0 aliphatic rings. The monoisotopic (exact) mass is 352 g/mol. The van der Waals surface area contributed by atoms with Crippen LogP contribution in [-0.2, 0) is 11.2 Å². The van der Waals surface area contributed by atoms with Crippen LogP contribution >= 0.6 is 11.3 Å². The number of hydrogen-bond acceptors (Lipinski definition) is 4. The maximum Gasteiger partial charge on any atom is 0.257 e. The van der Waals surface area contributed by atoms with Crippen LogP contribution in [0, 0.1) is 6.92 Å². The van der Waals surface area contributed by atoms with Gasteiger partial charge in [0.05, 0.1) is 10.7 Å². The van der Waals surface area contributed by atoms with Gasteiger partial charge in [-0.2, -0.15) is 0 Å². The highest BCUT2D eigenvalue weighted by atomic mass is 32.1. The molecule has 4 nitrogen and oxygen atoms in total. The summed E-state index contributed by atoms with van der Waals surface area (Å²) in [5.74, 6) is 0.587. The van der Waals surface area contributed by atoms with E-state index in [1.807, 2.05) is 37.3 Å². The maximum absolute atomic E-state index is 11.8. The molecule has 0 saturated carbocycles. The van der Waals surface area contributed by atoms with Gasteiger partial charge in [0.2, 0.25) is 0 Å². The van der Waals surface area contributed by atoms with Gasteiger partial charge in [0.1, 0.15) is 5.75 Å². The van der Waals surface area contributed by atoms with E-state index in [0.717, 1.165) is 22.7 Å². The molecule has 0 fully saturated rings. The number of hydrogen-bond donors (Lipinski definition) is 1. The van der Waals surface area contributed by atoms with Crippen molar-refractivity contribution in [2.24, 2.45) is 0 Å². The summed E-state index contributed by atoms with van der Waals surface area (Å²) in [6.07, 6.45) is 0.785. The number of aromatic nitrogens is 1. The lowest BCUT2D eigenvalue weighted by molar-refractivity contribution is -0.123. The highest BCUT2D eigenvalue weighted by Crippen LogP contribution is 2.21. The van der Waals surface area contributed by atoms with Gasteiger partial charge >= 0.3 is 0 Å². The normalized spacial score (nSPS) is 10.4. The predicted molar refractivity (Wildman–Crippen MR) is 101 cm³/mol. The minimum absolute atomic E-state index is 0.0339. The Bertz CT molecular complexity index is 813. The highest BCUT2D eigenvalue weighted by Gasteiger charge is 2.04. The lowest BCUT2D eigenvalue weighted by Crippen LogP contribution is -2.30. The smallest absolute Gasteiger partial charge is 0.257 e. The van der Waals surface area contributed by atoms with E-state index in [9.17, 15) is 4.79 Å². The number of amides is 1. The van der Waals surface area contributed by atoms with Gasteiger partial charge in [-0.05, 0) is 31.0 Å². The Morgan fingerprint density at radius 3 is 2.56 bits per heavy atom. The zero-order valence-electron chi connectivity index (χ0n) is 14.1. The molecule has 0 bridgehead atoms. The first-order chi connectivity index (χ1) is 12.2. The molecule has 5 heteroatoms. The molecule has 1 amide bonds. The van der Waals surface area contributed by atoms with Crippen molar-refractivity contribution in [3.8, 4) is 17.0 Å². The van der Waals surface area contributed by atoms with Crippen LogP contribution in [0.15, 0.2) is 60.0 Å². The molecule has 0 aliphatic carbocycles. The van der Waals surface area contributed by atoms with E-state index in [1.165, 1.54) is 5.56 Å². The molecule has 1 N–H and O–H groups in total. The summed E-state index contributed by atoms with van der Waals surface area (Å²) < 4.78 is 5.42. The number of benzene rings is 2. The first-order valence-corrected chi connectivity index (χ1v) is 9.05. The largest absolute Gasteiger partial charge is 0.484 e. The molecule has 0 radical (unpaired) electrons. The lowest BCUT2D eigenvalue weighted by Gasteiger charge is -2.08. The van der Waals surface area contributed by atoms with Crippen LogP contribution in [0.3, 0.4) is 0 Å². The second-order valence-corrected chi connectivity index (χ2v) is 6.71. The van der Waals surface area contributed by atoms with Gasteiger partial charge in [-0.25, -0.2) is 4.98 Å². The Morgan fingerprint density at radius 1 is 1.12 bits per heavy atom. The summed E-state index contributed by atoms with van der Waals surface area (Å²) in [5, 5.41) is 6.01. The Labute approximate surface area is 151 Å². The van der Waals surface area contributed by atoms with Crippen molar-refractivity contribution < 1.29 is 9.53 Å². The van der Waals surface area contributed by atoms with Crippen LogP contribution in [0.1, 0.15) is 10.6 Å². The molecule has 0 spiro atoms. The topological polar surface area (TPSA) is 51.2 Å². The standard InChI is InChI=1S/C20H20N2O2S/c1-15-22-19(14-25-15)17-9-7-16(8-10-17)11-12-21-20(23)13-24-18-5-3-2-4-6-18/h2-10,14H,11-13H2,1H3,(H,21,23). The third-order valence-corrected chi connectivity index (χ3v) is 4.49. The molecule has 25 heavy (non-hydrogen) atoms. The number of para-hydroxylation sites is 1. The minimum Gasteiger partial charge on any atom is -0.484 e. The molecule has 1 heterocycles. The van der Waals surface area contributed by atoms with Gasteiger partial charge in [-0.15, -0.1) is 11.3 Å². The van der Waals surface area contributed by atoms with Gasteiger partial charge < -0.3 is 10.1 Å². The maximum atomic E-state index is 11.8. The fraction of sp³-hybridized carbons (Fsp3) is 0.200. The van der Waals surface area contributed by atoms with Gasteiger partial charge in [-0.1, -0.05) is 42.5 Å². The van der Waals surface area contributed by atoms with Crippen LogP contribution in [0.2, 0.25) is 0 Å². The Balaban J connectivity index is 1.42. The minimum atomic E-state index is -0.113. The second kappa shape index (κ2) is 8.44. The van der Waals surface area contributed by atoms with E-state index < -0.39 is 0 Å². The summed E-state index contributed by atoms with van der Waals surface area (Å²) >= 11 is 1.65. The fourth-order valence-electron chi connectivity index (χ4n) is 2.40. The van der Waals surface area contributed by atoms with Gasteiger partial charge in [0.15, 0.2) is 6.61 Å². The molecule has 0 atom stereocenters. The van der Waals surface area contributed by atoms with E-state index in [1.54, 1.807) is 11.3 Å². The van der Waals surface area contributed by atoms with Crippen molar-refractivity contribution in [1.29, 1.82) is 0 Å². The predicted octanol–water partition coefficient (Wildman–Crippen LogP) is 3.86. The SMILES string of the molecule is Cc1nc(-c2ccc(CCNC(=O)COc3ccccc3)cc2)cs1. The number of nitrogens with zero attached hydrogens (tertiary/aromatic N) is 1. The van der Waals surface area contributed by atoms with Crippen molar-refractivity contribution in [2.75, 3.05) is 13.2 Å². The number of nitrogens with one attached hydrogen (secondary N) is 1. The van der Waals surface area contributed by atoms with E-state index in [2.05, 4.69) is 39.9 Å². The van der Waals surface area contributed by atoms with Crippen LogP contribution in [-0.4, -0.2) is 24.0 Å². The molecule has 0 saturated heterocycles. The molecular weight excluding hydrogens is 332 g/mol. The second-order valence-electron chi connectivity index (χ2n) is 5.65. The van der Waals surface area contributed by atoms with E-state index in [-0.39, 0.29) is 12.5 Å². The number of rotatable bonds is 7. The Kier molecular flexibility index (Phi) is 5.80. The third kappa shape index (κ3) is 5.16. The molecule has 3 aromatic rings. The number of thiazole rings is 1. The quantitative estimate of drug-likeness (QED) is 0.702. The summed E-state index contributed by atoms with van der Waals surface area (Å²) in [6, 6.07) is 17.6. The average molecular weight is 352 g/mol. The van der Waals surface area contributed by atoms with Crippen molar-refractivity contribution >= 4 is 17.2 Å². The zero-order valence-corrected chi connectivity index (χ0v) is 14.9. The number of aryl methyl sites for hydroxylation is 1. The highest BCUT2D eigenvalue weighted by molar-refractivity contribution is 7.09. The van der Waals surface area contributed by atoms with Crippen LogP contribution in [0.4, 0.5) is 0 Å². The first kappa shape index (κ1) is 17.2. The van der Waals surface area contributed by atoms with Crippen LogP contribution in [0.5, 0.6) is 5.75 Å². The van der Waals surface area contributed by atoms with Gasteiger partial charge in [0.25, 0.3) is 5.91 Å². The third-order valence-electron chi connectivity index (χ3n) is 3.72. The first-order valence-electron chi connectivity index (χ1n) is 8.17. The Morgan fingerprint density at radius 2 is 1.88 bits per heavy atom. The summed E-state index contributed by atoms with van der Waals surface area (Å²) in [5.41, 5.74) is 3.31. The molecular formula is C20H20N2O2S. The number of carbonyl (C=O) groups is 1. The average Bonchev–Trinajstić information content (AvgIpc) is 3.08.